The molecule has 2 aromatic carbocycles. The molecule has 2 N–H and O–H groups in total. The summed E-state index contributed by atoms with van der Waals surface area (Å²) in [6, 6.07) is 12.4. The first-order valence-electron chi connectivity index (χ1n) is 10.7. The van der Waals surface area contributed by atoms with Crippen LogP contribution >= 0.6 is 11.6 Å². The zero-order valence-corrected chi connectivity index (χ0v) is 18.9. The molecular formula is C24H19ClFN7O. The van der Waals surface area contributed by atoms with Crippen molar-refractivity contribution >= 4 is 34.1 Å². The van der Waals surface area contributed by atoms with Gasteiger partial charge in [0.2, 0.25) is 0 Å². The highest BCUT2D eigenvalue weighted by atomic mass is 35.5. The Morgan fingerprint density at radius 2 is 2.00 bits per heavy atom. The third-order valence-electron chi connectivity index (χ3n) is 6.12. The van der Waals surface area contributed by atoms with E-state index >= 15 is 0 Å². The summed E-state index contributed by atoms with van der Waals surface area (Å²) in [5, 5.41) is 10.2. The summed E-state index contributed by atoms with van der Waals surface area (Å²) in [6.07, 6.45) is 2.69. The maximum absolute atomic E-state index is 14.2. The highest BCUT2D eigenvalue weighted by Gasteiger charge is 2.38. The van der Waals surface area contributed by atoms with Crippen LogP contribution in [0.5, 0.6) is 0 Å². The van der Waals surface area contributed by atoms with E-state index in [1.807, 2.05) is 11.8 Å². The fourth-order valence-electron chi connectivity index (χ4n) is 4.58. The van der Waals surface area contributed by atoms with E-state index in [2.05, 4.69) is 16.0 Å². The van der Waals surface area contributed by atoms with E-state index in [9.17, 15) is 14.4 Å². The number of nitriles is 1. The van der Waals surface area contributed by atoms with E-state index in [-0.39, 0.29) is 27.8 Å². The van der Waals surface area contributed by atoms with E-state index in [4.69, 9.17) is 22.3 Å². The van der Waals surface area contributed by atoms with Crippen LogP contribution in [-0.4, -0.2) is 25.6 Å². The van der Waals surface area contributed by atoms with Crippen LogP contribution < -0.4 is 16.2 Å². The lowest BCUT2D eigenvalue weighted by molar-refractivity contribution is 0.607. The summed E-state index contributed by atoms with van der Waals surface area (Å²) in [6.45, 7) is 2.00. The molecule has 8 nitrogen and oxygen atoms in total. The molecule has 5 rings (SSSR count). The molecule has 3 heterocycles. The topological polar surface area (TPSA) is 114 Å². The van der Waals surface area contributed by atoms with Crippen molar-refractivity contribution in [3.05, 3.63) is 81.4 Å². The second-order valence-corrected chi connectivity index (χ2v) is 8.55. The van der Waals surface area contributed by atoms with Crippen molar-refractivity contribution in [2.45, 2.75) is 31.8 Å². The molecule has 0 bridgehead atoms. The number of halogens is 2. The van der Waals surface area contributed by atoms with Gasteiger partial charge in [-0.2, -0.15) is 5.26 Å². The monoisotopic (exact) mass is 475 g/mol. The molecule has 1 fully saturated rings. The number of rotatable bonds is 3. The average molecular weight is 476 g/mol. The van der Waals surface area contributed by atoms with Crippen LogP contribution in [0.3, 0.4) is 0 Å². The molecule has 0 amide bonds. The summed E-state index contributed by atoms with van der Waals surface area (Å²) >= 11 is 6.37. The number of benzene rings is 2. The normalized spacial score (nSPS) is 17.8. The molecule has 0 saturated carbocycles. The van der Waals surface area contributed by atoms with Gasteiger partial charge in [-0.25, -0.2) is 19.3 Å². The predicted octanol–water partition coefficient (Wildman–Crippen LogP) is 4.15. The molecule has 10 heteroatoms. The van der Waals surface area contributed by atoms with Crippen molar-refractivity contribution in [3.8, 4) is 11.8 Å². The van der Waals surface area contributed by atoms with Gasteiger partial charge in [-0.1, -0.05) is 23.7 Å². The molecule has 170 valence electrons. The first kappa shape index (κ1) is 21.8. The molecule has 2 atom stereocenters. The standard InChI is InChI=1S/C24H19ClFN7O/c1-13-8-9-19(32(13)22-16(11-27)21(28)29-12-30-22)23-31-18-7-3-6-17(25)20(18)24(34)33(23)15-5-2-4-14(26)10-15/h2-7,10,12-13,19H,8-9H2,1H3,(H2,28,29,30)/t13-,19-/m0/s1. The van der Waals surface area contributed by atoms with E-state index in [0.717, 1.165) is 6.42 Å². The minimum Gasteiger partial charge on any atom is -0.382 e. The number of nitrogen functional groups attached to an aromatic ring is 1. The Bertz CT molecular complexity index is 1530. The molecule has 1 aliphatic rings. The van der Waals surface area contributed by atoms with Gasteiger partial charge in [0.05, 0.1) is 27.7 Å². The van der Waals surface area contributed by atoms with Crippen LogP contribution in [0.2, 0.25) is 5.02 Å². The lowest BCUT2D eigenvalue weighted by Crippen LogP contribution is -2.35. The van der Waals surface area contributed by atoms with Crippen molar-refractivity contribution in [2.75, 3.05) is 10.6 Å². The Kier molecular flexibility index (Phi) is 5.38. The van der Waals surface area contributed by atoms with Crippen molar-refractivity contribution < 1.29 is 4.39 Å². The number of fused-ring (bicyclic) bond motifs is 1. The second kappa shape index (κ2) is 8.39. The lowest BCUT2D eigenvalue weighted by Gasteiger charge is -2.31. The first-order chi connectivity index (χ1) is 16.4. The Morgan fingerprint density at radius 1 is 1.21 bits per heavy atom. The molecule has 0 unspecified atom stereocenters. The molecule has 0 aliphatic carbocycles. The van der Waals surface area contributed by atoms with Crippen molar-refractivity contribution in [3.63, 3.8) is 0 Å². The van der Waals surface area contributed by atoms with Crippen LogP contribution in [0, 0.1) is 17.1 Å². The molecular weight excluding hydrogens is 457 g/mol. The van der Waals surface area contributed by atoms with E-state index < -0.39 is 17.4 Å². The summed E-state index contributed by atoms with van der Waals surface area (Å²) in [5.41, 5.74) is 6.47. The highest BCUT2D eigenvalue weighted by Crippen LogP contribution is 2.41. The quantitative estimate of drug-likeness (QED) is 0.473. The fourth-order valence-corrected chi connectivity index (χ4v) is 4.83. The zero-order chi connectivity index (χ0) is 24.0. The maximum Gasteiger partial charge on any atom is 0.267 e. The summed E-state index contributed by atoms with van der Waals surface area (Å²) < 4.78 is 15.6. The summed E-state index contributed by atoms with van der Waals surface area (Å²) in [7, 11) is 0. The minimum atomic E-state index is -0.485. The Hall–Kier alpha value is -4.03. The van der Waals surface area contributed by atoms with E-state index in [0.29, 0.717) is 29.3 Å². The number of hydrogen-bond donors (Lipinski definition) is 1. The maximum atomic E-state index is 14.2. The van der Waals surface area contributed by atoms with Crippen LogP contribution in [0.25, 0.3) is 16.6 Å². The van der Waals surface area contributed by atoms with Gasteiger partial charge in [-0.05, 0) is 50.1 Å². The van der Waals surface area contributed by atoms with Gasteiger partial charge >= 0.3 is 0 Å². The summed E-state index contributed by atoms with van der Waals surface area (Å²) in [4.78, 5) is 28.8. The SMILES string of the molecule is C[C@H]1CC[C@@H](c2nc3cccc(Cl)c3c(=O)n2-c2cccc(F)c2)N1c1ncnc(N)c1C#N. The Labute approximate surface area is 199 Å². The summed E-state index contributed by atoms with van der Waals surface area (Å²) in [5.74, 6) is 0.361. The number of nitrogens with two attached hydrogens (primary N) is 1. The number of anilines is 2. The molecule has 0 spiro atoms. The molecule has 34 heavy (non-hydrogen) atoms. The second-order valence-electron chi connectivity index (χ2n) is 8.14. The smallest absolute Gasteiger partial charge is 0.267 e. The molecule has 2 aromatic heterocycles. The predicted molar refractivity (Wildman–Crippen MR) is 127 cm³/mol. The van der Waals surface area contributed by atoms with Gasteiger partial charge in [0.1, 0.15) is 35.4 Å². The largest absolute Gasteiger partial charge is 0.382 e. The van der Waals surface area contributed by atoms with Gasteiger partial charge in [-0.15, -0.1) is 0 Å². The van der Waals surface area contributed by atoms with E-state index in [1.54, 1.807) is 24.3 Å². The molecule has 4 aromatic rings. The third kappa shape index (κ3) is 3.43. The zero-order valence-electron chi connectivity index (χ0n) is 18.1. The third-order valence-corrected chi connectivity index (χ3v) is 6.43. The van der Waals surface area contributed by atoms with Crippen molar-refractivity contribution in [2.24, 2.45) is 0 Å². The highest BCUT2D eigenvalue weighted by molar-refractivity contribution is 6.35. The van der Waals surface area contributed by atoms with Crippen LogP contribution in [0.1, 0.15) is 37.2 Å². The Morgan fingerprint density at radius 3 is 2.76 bits per heavy atom. The van der Waals surface area contributed by atoms with Gasteiger partial charge in [0, 0.05) is 6.04 Å². The molecule has 0 radical (unpaired) electrons. The van der Waals surface area contributed by atoms with Crippen molar-refractivity contribution in [1.82, 2.24) is 19.5 Å². The number of aromatic nitrogens is 4. The van der Waals surface area contributed by atoms with Gasteiger partial charge in [-0.3, -0.25) is 9.36 Å². The van der Waals surface area contributed by atoms with Gasteiger partial charge in [0.25, 0.3) is 5.56 Å². The average Bonchev–Trinajstić information content (AvgIpc) is 3.19. The Balaban J connectivity index is 1.81. The number of hydrogen-bond acceptors (Lipinski definition) is 7. The minimum absolute atomic E-state index is 0.0284. The molecule has 1 aliphatic heterocycles. The van der Waals surface area contributed by atoms with Crippen LogP contribution in [0.15, 0.2) is 53.6 Å². The van der Waals surface area contributed by atoms with Crippen LogP contribution in [-0.2, 0) is 0 Å². The molecule has 1 saturated heterocycles. The van der Waals surface area contributed by atoms with Gasteiger partial charge < -0.3 is 10.6 Å². The van der Waals surface area contributed by atoms with Crippen molar-refractivity contribution in [1.29, 1.82) is 5.26 Å². The van der Waals surface area contributed by atoms with Crippen LogP contribution in [0.4, 0.5) is 16.0 Å². The van der Waals surface area contributed by atoms with E-state index in [1.165, 1.54) is 29.1 Å². The lowest BCUT2D eigenvalue weighted by atomic mass is 10.1. The van der Waals surface area contributed by atoms with Gasteiger partial charge in [0.15, 0.2) is 5.82 Å². The number of nitrogens with zero attached hydrogens (tertiary/aromatic N) is 6. The fraction of sp³-hybridized carbons (Fsp3) is 0.208. The first-order valence-corrected chi connectivity index (χ1v) is 11.0.